The molecule has 1 atom stereocenters. The molecule has 0 aromatic heterocycles. The first-order valence-electron chi connectivity index (χ1n) is 11.9. The average molecular weight is 487 g/mol. The van der Waals surface area contributed by atoms with Crippen molar-refractivity contribution in [1.82, 2.24) is 10.0 Å². The number of rotatable bonds is 7. The largest absolute Gasteiger partial charge is 0.348 e. The van der Waals surface area contributed by atoms with E-state index in [4.69, 9.17) is 11.6 Å². The van der Waals surface area contributed by atoms with Crippen LogP contribution in [0.3, 0.4) is 0 Å². The van der Waals surface area contributed by atoms with Crippen LogP contribution in [0.5, 0.6) is 0 Å². The van der Waals surface area contributed by atoms with Gasteiger partial charge in [-0.3, -0.25) is 4.79 Å². The van der Waals surface area contributed by atoms with Gasteiger partial charge in [-0.25, -0.2) is 13.1 Å². The minimum atomic E-state index is -3.73. The summed E-state index contributed by atoms with van der Waals surface area (Å²) < 4.78 is 29.5. The van der Waals surface area contributed by atoms with Gasteiger partial charge in [0.15, 0.2) is 0 Å². The topological polar surface area (TPSA) is 75.3 Å². The SMILES string of the molecule is CC(NS(=O)(=O)c1cccc(C(=O)NCc2ccc(Cl)cc2)c1)C12CC3CC(CC(C3)C1)C2. The van der Waals surface area contributed by atoms with E-state index >= 15 is 0 Å². The lowest BCUT2D eigenvalue weighted by Gasteiger charge is -2.59. The maximum atomic E-state index is 13.3. The fourth-order valence-electron chi connectivity index (χ4n) is 6.82. The van der Waals surface area contributed by atoms with Crippen molar-refractivity contribution in [2.24, 2.45) is 23.2 Å². The molecule has 33 heavy (non-hydrogen) atoms. The van der Waals surface area contributed by atoms with Crippen LogP contribution in [0.25, 0.3) is 0 Å². The zero-order valence-corrected chi connectivity index (χ0v) is 20.5. The molecule has 5 nitrogen and oxygen atoms in total. The van der Waals surface area contributed by atoms with Crippen molar-refractivity contribution in [3.63, 3.8) is 0 Å². The van der Waals surface area contributed by atoms with Crippen molar-refractivity contribution in [3.8, 4) is 0 Å². The van der Waals surface area contributed by atoms with Gasteiger partial charge in [0.05, 0.1) is 4.90 Å². The maximum Gasteiger partial charge on any atom is 0.251 e. The minimum absolute atomic E-state index is 0.0788. The van der Waals surface area contributed by atoms with Gasteiger partial charge in [-0.15, -0.1) is 0 Å². The van der Waals surface area contributed by atoms with Crippen molar-refractivity contribution >= 4 is 27.5 Å². The lowest BCUT2D eigenvalue weighted by Crippen LogP contribution is -2.55. The number of sulfonamides is 1. The van der Waals surface area contributed by atoms with Gasteiger partial charge in [0.1, 0.15) is 0 Å². The number of hydrogen-bond acceptors (Lipinski definition) is 3. The molecule has 176 valence electrons. The molecule has 4 bridgehead atoms. The van der Waals surface area contributed by atoms with E-state index in [2.05, 4.69) is 10.0 Å². The Morgan fingerprint density at radius 2 is 1.64 bits per heavy atom. The third kappa shape index (κ3) is 4.71. The number of amides is 1. The van der Waals surface area contributed by atoms with Gasteiger partial charge in [-0.05, 0) is 105 Å². The minimum Gasteiger partial charge on any atom is -0.348 e. The van der Waals surface area contributed by atoms with Crippen LogP contribution < -0.4 is 10.0 Å². The van der Waals surface area contributed by atoms with Crippen molar-refractivity contribution in [2.45, 2.75) is 62.9 Å². The Hall–Kier alpha value is -1.89. The quantitative estimate of drug-likeness (QED) is 0.568. The summed E-state index contributed by atoms with van der Waals surface area (Å²) in [6, 6.07) is 13.4. The first-order chi connectivity index (χ1) is 15.7. The van der Waals surface area contributed by atoms with Crippen LogP contribution in [-0.2, 0) is 16.6 Å². The number of nitrogens with one attached hydrogen (secondary N) is 2. The molecule has 0 aliphatic heterocycles. The molecule has 0 heterocycles. The van der Waals surface area contributed by atoms with E-state index in [1.165, 1.54) is 25.3 Å². The van der Waals surface area contributed by atoms with Crippen LogP contribution >= 0.6 is 11.6 Å². The van der Waals surface area contributed by atoms with E-state index in [0.717, 1.165) is 42.6 Å². The van der Waals surface area contributed by atoms with E-state index in [0.29, 0.717) is 17.1 Å². The van der Waals surface area contributed by atoms with Crippen molar-refractivity contribution in [1.29, 1.82) is 0 Å². The molecule has 0 spiro atoms. The Kier molecular flexibility index (Phi) is 6.04. The molecule has 0 saturated heterocycles. The third-order valence-corrected chi connectivity index (χ3v) is 9.90. The standard InChI is InChI=1S/C26H31ClN2O3S/c1-17(26-13-19-9-20(14-26)11-21(10-19)15-26)29-33(31,32)24-4-2-3-22(12-24)25(30)28-16-18-5-7-23(27)8-6-18/h2-8,12,17,19-21,29H,9-11,13-16H2,1H3,(H,28,30). The summed E-state index contributed by atoms with van der Waals surface area (Å²) in [5.41, 5.74) is 1.33. The Labute approximate surface area is 201 Å². The first kappa shape index (κ1) is 22.9. The van der Waals surface area contributed by atoms with Crippen LogP contribution in [0, 0.1) is 23.2 Å². The molecule has 2 N–H and O–H groups in total. The average Bonchev–Trinajstić information content (AvgIpc) is 2.77. The molecule has 1 amide bonds. The maximum absolute atomic E-state index is 13.3. The lowest BCUT2D eigenvalue weighted by molar-refractivity contribution is -0.0666. The summed E-state index contributed by atoms with van der Waals surface area (Å²) in [7, 11) is -3.73. The van der Waals surface area contributed by atoms with E-state index in [-0.39, 0.29) is 22.3 Å². The zero-order valence-electron chi connectivity index (χ0n) is 18.9. The van der Waals surface area contributed by atoms with Gasteiger partial charge >= 0.3 is 0 Å². The fraction of sp³-hybridized carbons (Fsp3) is 0.500. The van der Waals surface area contributed by atoms with Crippen LogP contribution in [0.15, 0.2) is 53.4 Å². The Morgan fingerprint density at radius 3 is 2.24 bits per heavy atom. The molecule has 4 aliphatic carbocycles. The van der Waals surface area contributed by atoms with Crippen LogP contribution in [0.1, 0.15) is 61.4 Å². The fourth-order valence-corrected chi connectivity index (χ4v) is 8.34. The number of hydrogen-bond donors (Lipinski definition) is 2. The second kappa shape index (κ2) is 8.71. The Bertz CT molecular complexity index is 1110. The molecule has 7 heteroatoms. The molecule has 4 aliphatic rings. The molecule has 1 unspecified atom stereocenters. The zero-order chi connectivity index (χ0) is 23.2. The lowest BCUT2D eigenvalue weighted by atomic mass is 9.48. The van der Waals surface area contributed by atoms with Gasteiger partial charge in [0.2, 0.25) is 10.0 Å². The summed E-state index contributed by atoms with van der Waals surface area (Å²) in [6.45, 7) is 2.38. The summed E-state index contributed by atoms with van der Waals surface area (Å²) in [4.78, 5) is 12.8. The van der Waals surface area contributed by atoms with Crippen LogP contribution in [-0.4, -0.2) is 20.4 Å². The van der Waals surface area contributed by atoms with Crippen LogP contribution in [0.2, 0.25) is 5.02 Å². The van der Waals surface area contributed by atoms with Crippen molar-refractivity contribution in [2.75, 3.05) is 0 Å². The van der Waals surface area contributed by atoms with Crippen molar-refractivity contribution < 1.29 is 13.2 Å². The summed E-state index contributed by atoms with van der Waals surface area (Å²) in [6.07, 6.45) is 7.38. The second-order valence-electron chi connectivity index (χ2n) is 10.5. The molecular formula is C26H31ClN2O3S. The third-order valence-electron chi connectivity index (χ3n) is 8.11. The highest BCUT2D eigenvalue weighted by atomic mass is 35.5. The number of carbonyl (C=O) groups excluding carboxylic acids is 1. The van der Waals surface area contributed by atoms with Gasteiger partial charge in [-0.1, -0.05) is 29.8 Å². The molecule has 2 aromatic rings. The highest BCUT2D eigenvalue weighted by molar-refractivity contribution is 7.89. The molecular weight excluding hydrogens is 456 g/mol. The van der Waals surface area contributed by atoms with Gasteiger partial charge in [0, 0.05) is 23.2 Å². The number of carbonyl (C=O) groups is 1. The Balaban J connectivity index is 1.27. The highest BCUT2D eigenvalue weighted by Gasteiger charge is 2.53. The van der Waals surface area contributed by atoms with Gasteiger partial charge < -0.3 is 5.32 Å². The van der Waals surface area contributed by atoms with E-state index in [1.54, 1.807) is 30.3 Å². The van der Waals surface area contributed by atoms with Crippen molar-refractivity contribution in [3.05, 3.63) is 64.7 Å². The van der Waals surface area contributed by atoms with Gasteiger partial charge in [-0.2, -0.15) is 0 Å². The predicted molar refractivity (Wildman–Crippen MR) is 129 cm³/mol. The van der Waals surface area contributed by atoms with E-state index in [1.807, 2.05) is 19.1 Å². The van der Waals surface area contributed by atoms with E-state index < -0.39 is 10.0 Å². The number of halogens is 1. The van der Waals surface area contributed by atoms with E-state index in [9.17, 15) is 13.2 Å². The first-order valence-corrected chi connectivity index (χ1v) is 13.7. The second-order valence-corrected chi connectivity index (χ2v) is 12.6. The summed E-state index contributed by atoms with van der Waals surface area (Å²) >= 11 is 5.90. The molecule has 2 aromatic carbocycles. The van der Waals surface area contributed by atoms with Gasteiger partial charge in [0.25, 0.3) is 5.91 Å². The Morgan fingerprint density at radius 1 is 1.03 bits per heavy atom. The molecule has 4 fully saturated rings. The highest BCUT2D eigenvalue weighted by Crippen LogP contribution is 2.61. The molecule has 6 rings (SSSR count). The summed E-state index contributed by atoms with van der Waals surface area (Å²) in [5, 5.41) is 3.48. The van der Waals surface area contributed by atoms with Crippen LogP contribution in [0.4, 0.5) is 0 Å². The number of benzene rings is 2. The molecule has 0 radical (unpaired) electrons. The smallest absolute Gasteiger partial charge is 0.251 e. The summed E-state index contributed by atoms with van der Waals surface area (Å²) in [5.74, 6) is 1.97. The monoisotopic (exact) mass is 486 g/mol. The predicted octanol–water partition coefficient (Wildman–Crippen LogP) is 5.15. The molecule has 4 saturated carbocycles. The normalized spacial score (nSPS) is 29.1.